The molecule has 138 valence electrons. The topological polar surface area (TPSA) is 79.6 Å². The second kappa shape index (κ2) is 8.98. The van der Waals surface area contributed by atoms with Crippen molar-refractivity contribution in [2.24, 2.45) is 4.99 Å². The van der Waals surface area contributed by atoms with Gasteiger partial charge < -0.3 is 10.6 Å². The molecule has 0 spiro atoms. The molecule has 26 heavy (non-hydrogen) atoms. The van der Waals surface area contributed by atoms with Crippen LogP contribution in [0.1, 0.15) is 24.0 Å². The Kier molecular flexibility index (Phi) is 6.96. The molecule has 0 heterocycles. The molecular formula is C19H23IN4O2. The smallest absolute Gasteiger partial charge is 0.269 e. The Hall–Kier alpha value is -2.16. The summed E-state index contributed by atoms with van der Waals surface area (Å²) in [6.45, 7) is 1.31. The lowest BCUT2D eigenvalue weighted by atomic mass is 9.96. The average molecular weight is 466 g/mol. The summed E-state index contributed by atoms with van der Waals surface area (Å²) in [5.74, 6) is 0.703. The van der Waals surface area contributed by atoms with Crippen LogP contribution in [-0.2, 0) is 12.0 Å². The van der Waals surface area contributed by atoms with Crippen LogP contribution in [0.5, 0.6) is 0 Å². The van der Waals surface area contributed by atoms with Crippen molar-refractivity contribution in [2.75, 3.05) is 13.6 Å². The molecular weight excluding hydrogens is 443 g/mol. The average Bonchev–Trinajstić information content (AvgIpc) is 3.44. The first kappa shape index (κ1) is 20.2. The van der Waals surface area contributed by atoms with Crippen LogP contribution >= 0.6 is 24.0 Å². The molecule has 0 aliphatic heterocycles. The first-order valence-corrected chi connectivity index (χ1v) is 8.36. The van der Waals surface area contributed by atoms with E-state index in [0.717, 1.165) is 12.1 Å². The standard InChI is InChI=1S/C19H22N4O2.HI/c1-20-18(21-13-15-6-5-9-17(12-15)23(24)25)22-14-19(10-11-19)16-7-3-2-4-8-16;/h2-9,12H,10-11,13-14H2,1H3,(H2,20,21,22);1H. The van der Waals surface area contributed by atoms with Gasteiger partial charge in [0.1, 0.15) is 0 Å². The number of guanidine groups is 1. The lowest BCUT2D eigenvalue weighted by Gasteiger charge is -2.19. The number of halogens is 1. The molecule has 0 unspecified atom stereocenters. The van der Waals surface area contributed by atoms with Crippen molar-refractivity contribution in [2.45, 2.75) is 24.8 Å². The van der Waals surface area contributed by atoms with Gasteiger partial charge in [-0.15, -0.1) is 24.0 Å². The predicted molar refractivity (Wildman–Crippen MR) is 114 cm³/mol. The second-order valence-corrected chi connectivity index (χ2v) is 6.35. The minimum atomic E-state index is -0.382. The van der Waals surface area contributed by atoms with Crippen molar-refractivity contribution in [1.82, 2.24) is 10.6 Å². The van der Waals surface area contributed by atoms with Crippen molar-refractivity contribution < 1.29 is 4.92 Å². The van der Waals surface area contributed by atoms with Crippen molar-refractivity contribution in [3.05, 3.63) is 75.8 Å². The third-order valence-electron chi connectivity index (χ3n) is 4.64. The fourth-order valence-electron chi connectivity index (χ4n) is 2.95. The number of hydrogen-bond donors (Lipinski definition) is 2. The Balaban J connectivity index is 0.00000243. The molecule has 1 aliphatic carbocycles. The van der Waals surface area contributed by atoms with Crippen LogP contribution in [0.25, 0.3) is 0 Å². The van der Waals surface area contributed by atoms with Crippen LogP contribution in [0.2, 0.25) is 0 Å². The van der Waals surface area contributed by atoms with Gasteiger partial charge >= 0.3 is 0 Å². The molecule has 0 saturated heterocycles. The summed E-state index contributed by atoms with van der Waals surface area (Å²) in [5, 5.41) is 17.5. The molecule has 1 saturated carbocycles. The van der Waals surface area contributed by atoms with Gasteiger partial charge in [-0.3, -0.25) is 15.1 Å². The van der Waals surface area contributed by atoms with E-state index in [1.165, 1.54) is 24.5 Å². The number of hydrogen-bond acceptors (Lipinski definition) is 3. The number of benzene rings is 2. The van der Waals surface area contributed by atoms with E-state index < -0.39 is 0 Å². The predicted octanol–water partition coefficient (Wildman–Crippen LogP) is 3.61. The van der Waals surface area contributed by atoms with Crippen molar-refractivity contribution in [1.29, 1.82) is 0 Å². The van der Waals surface area contributed by atoms with Gasteiger partial charge in [0.05, 0.1) is 4.92 Å². The summed E-state index contributed by atoms with van der Waals surface area (Å²) < 4.78 is 0. The van der Waals surface area contributed by atoms with Crippen molar-refractivity contribution in [3.8, 4) is 0 Å². The number of nitrogens with zero attached hydrogens (tertiary/aromatic N) is 2. The maximum atomic E-state index is 10.9. The third-order valence-corrected chi connectivity index (χ3v) is 4.64. The monoisotopic (exact) mass is 466 g/mol. The molecule has 0 amide bonds. The van der Waals surface area contributed by atoms with Gasteiger partial charge in [-0.1, -0.05) is 42.5 Å². The molecule has 7 heteroatoms. The molecule has 0 radical (unpaired) electrons. The number of nitro benzene ring substituents is 1. The number of aliphatic imine (C=N–C) groups is 1. The quantitative estimate of drug-likeness (QED) is 0.224. The second-order valence-electron chi connectivity index (χ2n) is 6.35. The van der Waals surface area contributed by atoms with E-state index in [9.17, 15) is 10.1 Å². The van der Waals surface area contributed by atoms with E-state index in [-0.39, 0.29) is 40.0 Å². The Labute approximate surface area is 170 Å². The highest BCUT2D eigenvalue weighted by molar-refractivity contribution is 14.0. The van der Waals surface area contributed by atoms with E-state index in [0.29, 0.717) is 12.5 Å². The van der Waals surface area contributed by atoms with Crippen LogP contribution < -0.4 is 10.6 Å². The Morgan fingerprint density at radius 2 is 1.88 bits per heavy atom. The van der Waals surface area contributed by atoms with Gasteiger partial charge in [-0.2, -0.15) is 0 Å². The maximum Gasteiger partial charge on any atom is 0.269 e. The van der Waals surface area contributed by atoms with E-state index in [1.807, 2.05) is 12.1 Å². The number of rotatable bonds is 6. The minimum Gasteiger partial charge on any atom is -0.356 e. The van der Waals surface area contributed by atoms with Crippen molar-refractivity contribution >= 4 is 35.6 Å². The van der Waals surface area contributed by atoms with Crippen LogP contribution in [0.4, 0.5) is 5.69 Å². The van der Waals surface area contributed by atoms with Crippen LogP contribution in [-0.4, -0.2) is 24.5 Å². The molecule has 6 nitrogen and oxygen atoms in total. The number of non-ortho nitro benzene ring substituents is 1. The lowest BCUT2D eigenvalue weighted by molar-refractivity contribution is -0.384. The Morgan fingerprint density at radius 1 is 1.15 bits per heavy atom. The summed E-state index contributed by atoms with van der Waals surface area (Å²) in [4.78, 5) is 14.7. The zero-order chi connectivity index (χ0) is 17.7. The normalized spacial score (nSPS) is 14.9. The molecule has 0 atom stereocenters. The van der Waals surface area contributed by atoms with E-state index in [1.54, 1.807) is 19.2 Å². The summed E-state index contributed by atoms with van der Waals surface area (Å²) in [6, 6.07) is 17.2. The highest BCUT2D eigenvalue weighted by atomic mass is 127. The largest absolute Gasteiger partial charge is 0.356 e. The first-order chi connectivity index (χ1) is 12.1. The molecule has 3 rings (SSSR count). The lowest BCUT2D eigenvalue weighted by Crippen LogP contribution is -2.40. The summed E-state index contributed by atoms with van der Waals surface area (Å²) in [5.41, 5.74) is 2.51. The molecule has 2 aromatic carbocycles. The van der Waals surface area contributed by atoms with E-state index in [2.05, 4.69) is 39.9 Å². The SMILES string of the molecule is CN=C(NCc1cccc([N+](=O)[O-])c1)NCC1(c2ccccc2)CC1.I. The molecule has 2 aromatic rings. The fraction of sp³-hybridized carbons (Fsp3) is 0.316. The van der Waals surface area contributed by atoms with Gasteiger partial charge in [0, 0.05) is 37.7 Å². The Bertz CT molecular complexity index is 776. The zero-order valence-electron chi connectivity index (χ0n) is 14.6. The van der Waals surface area contributed by atoms with Crippen LogP contribution in [0.3, 0.4) is 0 Å². The molecule has 1 aliphatic rings. The summed E-state index contributed by atoms with van der Waals surface area (Å²) in [6.07, 6.45) is 2.35. The maximum absolute atomic E-state index is 10.9. The van der Waals surface area contributed by atoms with Gasteiger partial charge in [-0.25, -0.2) is 0 Å². The van der Waals surface area contributed by atoms with Crippen LogP contribution in [0.15, 0.2) is 59.6 Å². The molecule has 2 N–H and O–H groups in total. The van der Waals surface area contributed by atoms with Gasteiger partial charge in [0.25, 0.3) is 5.69 Å². The van der Waals surface area contributed by atoms with Gasteiger partial charge in [0.15, 0.2) is 5.96 Å². The minimum absolute atomic E-state index is 0. The van der Waals surface area contributed by atoms with E-state index in [4.69, 9.17) is 0 Å². The summed E-state index contributed by atoms with van der Waals surface area (Å²) >= 11 is 0. The van der Waals surface area contributed by atoms with Gasteiger partial charge in [-0.05, 0) is 24.0 Å². The van der Waals surface area contributed by atoms with Crippen LogP contribution in [0, 0.1) is 10.1 Å². The summed E-state index contributed by atoms with van der Waals surface area (Å²) in [7, 11) is 1.73. The number of nitro groups is 1. The highest BCUT2D eigenvalue weighted by Gasteiger charge is 2.43. The van der Waals surface area contributed by atoms with E-state index >= 15 is 0 Å². The third kappa shape index (κ3) is 4.94. The van der Waals surface area contributed by atoms with Gasteiger partial charge in [0.2, 0.25) is 0 Å². The Morgan fingerprint density at radius 3 is 2.50 bits per heavy atom. The molecule has 0 aromatic heterocycles. The molecule has 0 bridgehead atoms. The first-order valence-electron chi connectivity index (χ1n) is 8.36. The zero-order valence-corrected chi connectivity index (χ0v) is 17.0. The van der Waals surface area contributed by atoms with Crippen molar-refractivity contribution in [3.63, 3.8) is 0 Å². The highest BCUT2D eigenvalue weighted by Crippen LogP contribution is 2.47. The fourth-order valence-corrected chi connectivity index (χ4v) is 2.95. The molecule has 1 fully saturated rings. The number of nitrogens with one attached hydrogen (secondary N) is 2.